The lowest BCUT2D eigenvalue weighted by atomic mass is 10.1. The molecule has 3 aromatic rings. The molecule has 0 aliphatic heterocycles. The summed E-state index contributed by atoms with van der Waals surface area (Å²) < 4.78 is 16.6. The summed E-state index contributed by atoms with van der Waals surface area (Å²) in [7, 11) is 1.66. The fourth-order valence-corrected chi connectivity index (χ4v) is 3.27. The van der Waals surface area contributed by atoms with E-state index in [9.17, 15) is 9.18 Å². The summed E-state index contributed by atoms with van der Waals surface area (Å²) in [4.78, 5) is 18.9. The zero-order valence-corrected chi connectivity index (χ0v) is 16.7. The van der Waals surface area contributed by atoms with Crippen LogP contribution in [0.25, 0.3) is 11.0 Å². The first-order chi connectivity index (χ1) is 12.3. The second kappa shape index (κ2) is 7.15. The molecule has 0 radical (unpaired) electrons. The predicted octanol–water partition coefficient (Wildman–Crippen LogP) is 4.49. The number of carbonyl (C=O) groups is 1. The van der Waals surface area contributed by atoms with E-state index in [0.29, 0.717) is 16.8 Å². The molecule has 5 nitrogen and oxygen atoms in total. The molecule has 2 aromatic heterocycles. The molecule has 26 heavy (non-hydrogen) atoms. The van der Waals surface area contributed by atoms with Crippen molar-refractivity contribution in [1.82, 2.24) is 19.7 Å². The zero-order chi connectivity index (χ0) is 19.0. The Labute approximate surface area is 160 Å². The Balaban J connectivity index is 1.91. The molecule has 0 unspecified atom stereocenters. The van der Waals surface area contributed by atoms with Gasteiger partial charge in [0.05, 0.1) is 17.5 Å². The number of hydrogen-bond donors (Lipinski definition) is 0. The van der Waals surface area contributed by atoms with E-state index in [1.807, 2.05) is 18.5 Å². The Morgan fingerprint density at radius 3 is 2.77 bits per heavy atom. The number of hydrogen-bond acceptors (Lipinski definition) is 3. The van der Waals surface area contributed by atoms with E-state index < -0.39 is 0 Å². The van der Waals surface area contributed by atoms with Crippen molar-refractivity contribution in [2.75, 3.05) is 7.05 Å². The third-order valence-corrected chi connectivity index (χ3v) is 4.73. The van der Waals surface area contributed by atoms with Crippen molar-refractivity contribution in [3.05, 3.63) is 57.6 Å². The molecule has 0 bridgehead atoms. The molecule has 0 saturated heterocycles. The second-order valence-corrected chi connectivity index (χ2v) is 7.53. The third kappa shape index (κ3) is 3.49. The summed E-state index contributed by atoms with van der Waals surface area (Å²) in [5, 5.41) is 5.16. The van der Waals surface area contributed by atoms with Gasteiger partial charge in [-0.15, -0.1) is 0 Å². The zero-order valence-electron chi connectivity index (χ0n) is 15.1. The number of carbonyl (C=O) groups excluding carboxylic acids is 1. The van der Waals surface area contributed by atoms with E-state index in [1.165, 1.54) is 11.0 Å². The summed E-state index contributed by atoms with van der Waals surface area (Å²) in [6, 6.07) is 6.69. The Morgan fingerprint density at radius 1 is 1.35 bits per heavy atom. The SMILES string of the molecule is Cc1nc2c(cnn2C(C)C)cc1C(=O)N(C)Cc1cc(Br)ccc1F. The van der Waals surface area contributed by atoms with Crippen molar-refractivity contribution in [2.24, 2.45) is 0 Å². The number of pyridine rings is 1. The average molecular weight is 419 g/mol. The van der Waals surface area contributed by atoms with Crippen LogP contribution in [0.5, 0.6) is 0 Å². The normalized spacial score (nSPS) is 11.3. The monoisotopic (exact) mass is 418 g/mol. The highest BCUT2D eigenvalue weighted by Gasteiger charge is 2.19. The molecule has 0 saturated carbocycles. The van der Waals surface area contributed by atoms with Gasteiger partial charge in [0.15, 0.2) is 5.65 Å². The fourth-order valence-electron chi connectivity index (χ4n) is 2.86. The van der Waals surface area contributed by atoms with Gasteiger partial charge in [0.2, 0.25) is 0 Å². The highest BCUT2D eigenvalue weighted by Crippen LogP contribution is 2.22. The molecule has 0 aliphatic carbocycles. The molecule has 7 heteroatoms. The maximum absolute atomic E-state index is 14.0. The first-order valence-corrected chi connectivity index (χ1v) is 9.11. The van der Waals surface area contributed by atoms with Gasteiger partial charge in [0, 0.05) is 35.1 Å². The van der Waals surface area contributed by atoms with Crippen LogP contribution in [0.3, 0.4) is 0 Å². The smallest absolute Gasteiger partial charge is 0.255 e. The topological polar surface area (TPSA) is 51.0 Å². The lowest BCUT2D eigenvalue weighted by molar-refractivity contribution is 0.0783. The Bertz CT molecular complexity index is 983. The van der Waals surface area contributed by atoms with E-state index in [2.05, 4.69) is 26.0 Å². The molecule has 2 heterocycles. The summed E-state index contributed by atoms with van der Waals surface area (Å²) in [6.07, 6.45) is 1.71. The predicted molar refractivity (Wildman–Crippen MR) is 103 cm³/mol. The van der Waals surface area contributed by atoms with Crippen LogP contribution in [0.15, 0.2) is 34.9 Å². The number of nitrogens with zero attached hydrogens (tertiary/aromatic N) is 4. The Morgan fingerprint density at radius 2 is 2.08 bits per heavy atom. The van der Waals surface area contributed by atoms with Gasteiger partial charge in [-0.05, 0) is 45.0 Å². The van der Waals surface area contributed by atoms with Gasteiger partial charge in [-0.25, -0.2) is 14.1 Å². The standard InChI is InChI=1S/C19H20BrFN4O/c1-11(2)25-18-13(9-22-25)8-16(12(3)23-18)19(26)24(4)10-14-7-15(20)5-6-17(14)21/h5-9,11H,10H2,1-4H3. The van der Waals surface area contributed by atoms with Crippen molar-refractivity contribution in [2.45, 2.75) is 33.4 Å². The number of aryl methyl sites for hydroxylation is 1. The van der Waals surface area contributed by atoms with Crippen LogP contribution in [-0.2, 0) is 6.54 Å². The molecule has 1 aromatic carbocycles. The molecule has 0 atom stereocenters. The van der Waals surface area contributed by atoms with Gasteiger partial charge in [-0.3, -0.25) is 4.79 Å². The number of fused-ring (bicyclic) bond motifs is 1. The van der Waals surface area contributed by atoms with Gasteiger partial charge in [0.1, 0.15) is 5.82 Å². The highest BCUT2D eigenvalue weighted by atomic mass is 79.9. The van der Waals surface area contributed by atoms with Crippen LogP contribution >= 0.6 is 15.9 Å². The first-order valence-electron chi connectivity index (χ1n) is 8.32. The van der Waals surface area contributed by atoms with Crippen LogP contribution in [-0.4, -0.2) is 32.6 Å². The van der Waals surface area contributed by atoms with Crippen molar-refractivity contribution in [1.29, 1.82) is 0 Å². The van der Waals surface area contributed by atoms with Crippen molar-refractivity contribution in [3.8, 4) is 0 Å². The number of rotatable bonds is 4. The number of amides is 1. The summed E-state index contributed by atoms with van der Waals surface area (Å²) in [6.45, 7) is 6.04. The van der Waals surface area contributed by atoms with Crippen LogP contribution in [0.1, 0.15) is 41.5 Å². The second-order valence-electron chi connectivity index (χ2n) is 6.61. The Hall–Kier alpha value is -2.28. The molecule has 136 valence electrons. The van der Waals surface area contributed by atoms with E-state index >= 15 is 0 Å². The van der Waals surface area contributed by atoms with E-state index in [1.54, 1.807) is 38.4 Å². The molecule has 1 amide bonds. The van der Waals surface area contributed by atoms with Gasteiger partial charge >= 0.3 is 0 Å². The summed E-state index contributed by atoms with van der Waals surface area (Å²) in [5.41, 5.74) is 2.34. The van der Waals surface area contributed by atoms with Gasteiger partial charge in [-0.2, -0.15) is 5.10 Å². The third-order valence-electron chi connectivity index (χ3n) is 4.24. The minimum Gasteiger partial charge on any atom is -0.337 e. The maximum Gasteiger partial charge on any atom is 0.255 e. The van der Waals surface area contributed by atoms with Gasteiger partial charge in [0.25, 0.3) is 5.91 Å². The molecule has 0 N–H and O–H groups in total. The number of aromatic nitrogens is 3. The highest BCUT2D eigenvalue weighted by molar-refractivity contribution is 9.10. The summed E-state index contributed by atoms with van der Waals surface area (Å²) >= 11 is 3.33. The first kappa shape index (κ1) is 18.5. The molecular weight excluding hydrogens is 399 g/mol. The molecule has 0 aliphatic rings. The summed E-state index contributed by atoms with van der Waals surface area (Å²) in [5.74, 6) is -0.537. The fraction of sp³-hybridized carbons (Fsp3) is 0.316. The van der Waals surface area contributed by atoms with Crippen molar-refractivity contribution < 1.29 is 9.18 Å². The average Bonchev–Trinajstić information content (AvgIpc) is 2.99. The van der Waals surface area contributed by atoms with E-state index in [0.717, 1.165) is 15.5 Å². The lowest BCUT2D eigenvalue weighted by Gasteiger charge is -2.19. The minimum absolute atomic E-state index is 0.173. The minimum atomic E-state index is -0.337. The van der Waals surface area contributed by atoms with E-state index in [-0.39, 0.29) is 24.3 Å². The van der Waals surface area contributed by atoms with Crippen molar-refractivity contribution >= 4 is 32.9 Å². The number of benzene rings is 1. The number of halogens is 2. The molecular formula is C19H20BrFN4O. The lowest BCUT2D eigenvalue weighted by Crippen LogP contribution is -2.27. The van der Waals surface area contributed by atoms with Crippen LogP contribution < -0.4 is 0 Å². The largest absolute Gasteiger partial charge is 0.337 e. The molecule has 0 fully saturated rings. The van der Waals surface area contributed by atoms with E-state index in [4.69, 9.17) is 0 Å². The maximum atomic E-state index is 14.0. The molecule has 0 spiro atoms. The van der Waals surface area contributed by atoms with Crippen LogP contribution in [0.4, 0.5) is 4.39 Å². The van der Waals surface area contributed by atoms with Crippen LogP contribution in [0.2, 0.25) is 0 Å². The van der Waals surface area contributed by atoms with Gasteiger partial charge < -0.3 is 4.90 Å². The van der Waals surface area contributed by atoms with Crippen LogP contribution in [0, 0.1) is 12.7 Å². The quantitative estimate of drug-likeness (QED) is 0.626. The Kier molecular flexibility index (Phi) is 5.09. The molecule has 3 rings (SSSR count). The van der Waals surface area contributed by atoms with Crippen molar-refractivity contribution in [3.63, 3.8) is 0 Å². The van der Waals surface area contributed by atoms with Gasteiger partial charge in [-0.1, -0.05) is 15.9 Å².